The van der Waals surface area contributed by atoms with Crippen LogP contribution in [0.25, 0.3) is 0 Å². The van der Waals surface area contributed by atoms with E-state index in [9.17, 15) is 0 Å². The summed E-state index contributed by atoms with van der Waals surface area (Å²) in [5.74, 6) is 1.13. The first-order chi connectivity index (χ1) is 10.8. The predicted molar refractivity (Wildman–Crippen MR) is 99.7 cm³/mol. The third-order valence-electron chi connectivity index (χ3n) is 4.30. The maximum Gasteiger partial charge on any atom is 0.138 e. The van der Waals surface area contributed by atoms with E-state index in [4.69, 9.17) is 4.99 Å². The average Bonchev–Trinajstić information content (AvgIpc) is 2.72. The summed E-state index contributed by atoms with van der Waals surface area (Å²) in [5, 5.41) is 7.05. The van der Waals surface area contributed by atoms with Crippen LogP contribution in [0.4, 0.5) is 11.4 Å². The van der Waals surface area contributed by atoms with Crippen molar-refractivity contribution in [2.24, 2.45) is 4.99 Å². The lowest BCUT2D eigenvalue weighted by Crippen LogP contribution is -2.47. The number of benzene rings is 1. The Morgan fingerprint density at radius 2 is 2.05 bits per heavy atom. The van der Waals surface area contributed by atoms with Gasteiger partial charge in [-0.3, -0.25) is 0 Å². The lowest BCUT2D eigenvalue weighted by molar-refractivity contribution is 0.358. The van der Waals surface area contributed by atoms with Crippen molar-refractivity contribution in [3.63, 3.8) is 0 Å². The quantitative estimate of drug-likeness (QED) is 0.650. The summed E-state index contributed by atoms with van der Waals surface area (Å²) in [6, 6.07) is 6.44. The summed E-state index contributed by atoms with van der Waals surface area (Å²) in [6.45, 7) is 4.08. The third kappa shape index (κ3) is 2.67. The van der Waals surface area contributed by atoms with Crippen LogP contribution in [-0.4, -0.2) is 36.9 Å². The van der Waals surface area contributed by atoms with Crippen LogP contribution >= 0.6 is 22.6 Å². The van der Waals surface area contributed by atoms with Crippen LogP contribution in [0.1, 0.15) is 12.8 Å². The highest BCUT2D eigenvalue weighted by atomic mass is 127. The molecule has 0 amide bonds. The van der Waals surface area contributed by atoms with Gasteiger partial charge in [0.05, 0.1) is 11.4 Å². The zero-order valence-corrected chi connectivity index (χ0v) is 14.6. The van der Waals surface area contributed by atoms with Gasteiger partial charge < -0.3 is 15.5 Å². The molecule has 3 aliphatic rings. The second-order valence-electron chi connectivity index (χ2n) is 5.79. The fourth-order valence-electron chi connectivity index (χ4n) is 3.16. The fraction of sp³-hybridized carbons (Fsp3) is 0.353. The smallest absolute Gasteiger partial charge is 0.138 e. The number of nitrogens with zero attached hydrogens (tertiary/aromatic N) is 2. The molecule has 1 aromatic carbocycles. The van der Waals surface area contributed by atoms with Crippen LogP contribution < -0.4 is 10.6 Å². The number of aliphatic imine (C=N–C) groups is 1. The SMILES string of the molecule is Ic1ccc2c(c1)N=C(N1CCNCC1)C1=C(CCC=C1)N2. The highest BCUT2D eigenvalue weighted by Gasteiger charge is 2.24. The standard InChI is InChI=1S/C17H19IN4/c18-12-5-6-15-16(11-12)21-17(22-9-7-19-8-10-22)13-3-1-2-4-14(13)20-15/h1,3,5-6,11,19-20H,2,4,7-10H2. The number of nitrogens with one attached hydrogen (secondary N) is 2. The van der Waals surface area contributed by atoms with Gasteiger partial charge in [-0.1, -0.05) is 12.2 Å². The number of allylic oxidation sites excluding steroid dienone is 2. The monoisotopic (exact) mass is 406 g/mol. The highest BCUT2D eigenvalue weighted by Crippen LogP contribution is 2.35. The molecule has 2 heterocycles. The van der Waals surface area contributed by atoms with Crippen LogP contribution in [0, 0.1) is 3.57 Å². The Morgan fingerprint density at radius 3 is 2.91 bits per heavy atom. The minimum atomic E-state index is 1.02. The number of piperazine rings is 1. The Balaban J connectivity index is 1.83. The molecule has 1 fully saturated rings. The van der Waals surface area contributed by atoms with Crippen LogP contribution in [0.3, 0.4) is 0 Å². The maximum absolute atomic E-state index is 5.05. The summed E-state index contributed by atoms with van der Waals surface area (Å²) < 4.78 is 1.22. The Hall–Kier alpha value is -1.34. The zero-order chi connectivity index (χ0) is 14.9. The van der Waals surface area contributed by atoms with Crippen molar-refractivity contribution in [3.8, 4) is 0 Å². The first kappa shape index (κ1) is 14.3. The molecule has 1 saturated heterocycles. The first-order valence-electron chi connectivity index (χ1n) is 7.82. The van der Waals surface area contributed by atoms with E-state index >= 15 is 0 Å². The van der Waals surface area contributed by atoms with Crippen molar-refractivity contribution in [2.75, 3.05) is 31.5 Å². The summed E-state index contributed by atoms with van der Waals surface area (Å²) in [6.07, 6.45) is 6.66. The average molecular weight is 406 g/mol. The van der Waals surface area contributed by atoms with Crippen molar-refractivity contribution < 1.29 is 0 Å². The van der Waals surface area contributed by atoms with E-state index in [1.165, 1.54) is 14.8 Å². The van der Waals surface area contributed by atoms with Crippen LogP contribution in [0.15, 0.2) is 46.6 Å². The van der Waals surface area contributed by atoms with Crippen LogP contribution in [-0.2, 0) is 0 Å². The molecular formula is C17H19IN4. The molecule has 0 bridgehead atoms. The number of rotatable bonds is 0. The molecule has 4 rings (SSSR count). The first-order valence-corrected chi connectivity index (χ1v) is 8.90. The van der Waals surface area contributed by atoms with E-state index in [-0.39, 0.29) is 0 Å². The number of hydrogen-bond donors (Lipinski definition) is 2. The Labute approximate surface area is 144 Å². The predicted octanol–water partition coefficient (Wildman–Crippen LogP) is 3.26. The minimum absolute atomic E-state index is 1.02. The number of halogens is 1. The topological polar surface area (TPSA) is 39.7 Å². The molecule has 1 aliphatic carbocycles. The number of anilines is 1. The molecule has 2 aliphatic heterocycles. The van der Waals surface area contributed by atoms with Gasteiger partial charge in [0, 0.05) is 41.0 Å². The van der Waals surface area contributed by atoms with Crippen LogP contribution in [0.5, 0.6) is 0 Å². The van der Waals surface area contributed by atoms with E-state index in [1.54, 1.807) is 0 Å². The van der Waals surface area contributed by atoms with E-state index in [0.29, 0.717) is 0 Å². The van der Waals surface area contributed by atoms with E-state index in [2.05, 4.69) is 68.5 Å². The molecule has 0 radical (unpaired) electrons. The maximum atomic E-state index is 5.05. The van der Waals surface area contributed by atoms with Crippen molar-refractivity contribution >= 4 is 39.8 Å². The largest absolute Gasteiger partial charge is 0.357 e. The van der Waals surface area contributed by atoms with Gasteiger partial charge in [0.15, 0.2) is 0 Å². The summed E-state index contributed by atoms with van der Waals surface area (Å²) >= 11 is 2.35. The molecule has 114 valence electrons. The molecule has 0 aromatic heterocycles. The van der Waals surface area contributed by atoms with E-state index < -0.39 is 0 Å². The van der Waals surface area contributed by atoms with Crippen molar-refractivity contribution in [1.82, 2.24) is 10.2 Å². The van der Waals surface area contributed by atoms with Gasteiger partial charge in [-0.05, 0) is 53.6 Å². The van der Waals surface area contributed by atoms with Crippen molar-refractivity contribution in [1.29, 1.82) is 0 Å². The number of hydrogen-bond acceptors (Lipinski definition) is 4. The summed E-state index contributed by atoms with van der Waals surface area (Å²) in [5.41, 5.74) is 4.73. The van der Waals surface area contributed by atoms with Gasteiger partial charge in [0.2, 0.25) is 0 Å². The molecule has 1 aromatic rings. The lowest BCUT2D eigenvalue weighted by atomic mass is 10.0. The third-order valence-corrected chi connectivity index (χ3v) is 4.97. The molecule has 0 spiro atoms. The number of amidine groups is 1. The van der Waals surface area contributed by atoms with Gasteiger partial charge in [-0.25, -0.2) is 4.99 Å². The van der Waals surface area contributed by atoms with E-state index in [1.807, 2.05) is 0 Å². The second kappa shape index (κ2) is 6.04. The van der Waals surface area contributed by atoms with Gasteiger partial charge in [-0.2, -0.15) is 0 Å². The Morgan fingerprint density at radius 1 is 1.18 bits per heavy atom. The molecule has 22 heavy (non-hydrogen) atoms. The van der Waals surface area contributed by atoms with Gasteiger partial charge in [0.1, 0.15) is 5.84 Å². The molecule has 0 saturated carbocycles. The second-order valence-corrected chi connectivity index (χ2v) is 7.04. The van der Waals surface area contributed by atoms with Crippen molar-refractivity contribution in [2.45, 2.75) is 12.8 Å². The van der Waals surface area contributed by atoms with Gasteiger partial charge in [-0.15, -0.1) is 0 Å². The van der Waals surface area contributed by atoms with E-state index in [0.717, 1.165) is 56.2 Å². The highest BCUT2D eigenvalue weighted by molar-refractivity contribution is 14.1. The molecule has 2 N–H and O–H groups in total. The molecule has 5 heteroatoms. The summed E-state index contributed by atoms with van der Waals surface area (Å²) in [4.78, 5) is 7.46. The molecular weight excluding hydrogens is 387 g/mol. The molecule has 0 unspecified atom stereocenters. The fourth-order valence-corrected chi connectivity index (χ4v) is 3.64. The summed E-state index contributed by atoms with van der Waals surface area (Å²) in [7, 11) is 0. The molecule has 4 nitrogen and oxygen atoms in total. The van der Waals surface area contributed by atoms with Crippen LogP contribution in [0.2, 0.25) is 0 Å². The lowest BCUT2D eigenvalue weighted by Gasteiger charge is -2.31. The zero-order valence-electron chi connectivity index (χ0n) is 12.4. The minimum Gasteiger partial charge on any atom is -0.357 e. The molecule has 0 atom stereocenters. The number of fused-ring (bicyclic) bond motifs is 1. The Bertz CT molecular complexity index is 684. The normalized spacial score (nSPS) is 20.8. The van der Waals surface area contributed by atoms with Gasteiger partial charge in [0.25, 0.3) is 0 Å². The van der Waals surface area contributed by atoms with Crippen molar-refractivity contribution in [3.05, 3.63) is 45.2 Å². The van der Waals surface area contributed by atoms with Gasteiger partial charge >= 0.3 is 0 Å². The Kier molecular flexibility index (Phi) is 3.92.